The molecule has 0 atom stereocenters. The number of aryl methyl sites for hydroxylation is 1. The van der Waals surface area contributed by atoms with E-state index in [0.717, 1.165) is 23.7 Å². The van der Waals surface area contributed by atoms with E-state index in [1.54, 1.807) is 12.1 Å². The average Bonchev–Trinajstić information content (AvgIpc) is 2.25. The van der Waals surface area contributed by atoms with Gasteiger partial charge in [-0.2, -0.15) is 0 Å². The summed E-state index contributed by atoms with van der Waals surface area (Å²) in [5.74, 6) is -0.306. The number of ether oxygens (including phenoxy) is 1. The molecule has 0 unspecified atom stereocenters. The summed E-state index contributed by atoms with van der Waals surface area (Å²) in [5.41, 5.74) is 7.90. The van der Waals surface area contributed by atoms with Crippen molar-refractivity contribution in [2.75, 3.05) is 18.2 Å². The zero-order valence-corrected chi connectivity index (χ0v) is 10.2. The van der Waals surface area contributed by atoms with Crippen molar-refractivity contribution in [2.45, 2.75) is 12.8 Å². The first-order valence-corrected chi connectivity index (χ1v) is 5.84. The van der Waals surface area contributed by atoms with Gasteiger partial charge in [0.25, 0.3) is 0 Å². The van der Waals surface area contributed by atoms with Crippen molar-refractivity contribution < 1.29 is 9.53 Å². The molecule has 3 nitrogen and oxygen atoms in total. The van der Waals surface area contributed by atoms with Gasteiger partial charge < -0.3 is 10.5 Å². The maximum absolute atomic E-state index is 11.4. The van der Waals surface area contributed by atoms with Gasteiger partial charge in [-0.3, -0.25) is 0 Å². The number of esters is 1. The Morgan fingerprint density at radius 1 is 1.53 bits per heavy atom. The molecular formula is C11H14BrNO2. The fourth-order valence-corrected chi connectivity index (χ4v) is 1.67. The van der Waals surface area contributed by atoms with E-state index in [1.807, 2.05) is 6.07 Å². The maximum atomic E-state index is 11.4. The monoisotopic (exact) mass is 271 g/mol. The predicted octanol–water partition coefficient (Wildman–Crippen LogP) is 2.38. The number of anilines is 1. The quantitative estimate of drug-likeness (QED) is 0.520. The zero-order valence-electron chi connectivity index (χ0n) is 8.63. The summed E-state index contributed by atoms with van der Waals surface area (Å²) in [6, 6.07) is 5.25. The van der Waals surface area contributed by atoms with E-state index in [-0.39, 0.29) is 5.97 Å². The van der Waals surface area contributed by atoms with Crippen LogP contribution in [0, 0.1) is 0 Å². The second kappa shape index (κ2) is 5.75. The summed E-state index contributed by atoms with van der Waals surface area (Å²) in [4.78, 5) is 11.4. The molecule has 0 fully saturated rings. The van der Waals surface area contributed by atoms with Gasteiger partial charge in [-0.1, -0.05) is 15.9 Å². The highest BCUT2D eigenvalue weighted by Crippen LogP contribution is 2.16. The number of nitrogen functional groups attached to an aromatic ring is 1. The van der Waals surface area contributed by atoms with Gasteiger partial charge >= 0.3 is 5.97 Å². The van der Waals surface area contributed by atoms with Crippen molar-refractivity contribution in [3.63, 3.8) is 0 Å². The molecule has 0 radical (unpaired) electrons. The highest BCUT2D eigenvalue weighted by molar-refractivity contribution is 9.09. The Hall–Kier alpha value is -1.03. The first kappa shape index (κ1) is 12.0. The number of benzene rings is 1. The lowest BCUT2D eigenvalue weighted by Crippen LogP contribution is -2.06. The molecule has 4 heteroatoms. The predicted molar refractivity (Wildman–Crippen MR) is 64.3 cm³/mol. The van der Waals surface area contributed by atoms with Crippen LogP contribution in [0.2, 0.25) is 0 Å². The number of halogens is 1. The molecule has 82 valence electrons. The Balaban J connectivity index is 2.97. The van der Waals surface area contributed by atoms with E-state index < -0.39 is 0 Å². The fourth-order valence-electron chi connectivity index (χ4n) is 1.39. The van der Waals surface area contributed by atoms with Crippen molar-refractivity contribution in [1.82, 2.24) is 0 Å². The van der Waals surface area contributed by atoms with E-state index in [2.05, 4.69) is 15.9 Å². The SMILES string of the molecule is COC(=O)c1ccc(N)cc1CCCBr. The summed E-state index contributed by atoms with van der Waals surface area (Å²) >= 11 is 3.36. The number of methoxy groups -OCH3 is 1. The van der Waals surface area contributed by atoms with Gasteiger partial charge in [0.05, 0.1) is 12.7 Å². The third-order valence-electron chi connectivity index (χ3n) is 2.11. The van der Waals surface area contributed by atoms with Crippen LogP contribution in [-0.4, -0.2) is 18.4 Å². The van der Waals surface area contributed by atoms with Gasteiger partial charge in [0, 0.05) is 11.0 Å². The number of alkyl halides is 1. The lowest BCUT2D eigenvalue weighted by molar-refractivity contribution is 0.0599. The summed E-state index contributed by atoms with van der Waals surface area (Å²) in [7, 11) is 1.38. The molecule has 0 bridgehead atoms. The van der Waals surface area contributed by atoms with Gasteiger partial charge in [-0.05, 0) is 36.6 Å². The summed E-state index contributed by atoms with van der Waals surface area (Å²) in [6.45, 7) is 0. The van der Waals surface area contributed by atoms with Gasteiger partial charge in [0.1, 0.15) is 0 Å². The number of carbonyl (C=O) groups is 1. The lowest BCUT2D eigenvalue weighted by atomic mass is 10.0. The Labute approximate surface area is 97.7 Å². The smallest absolute Gasteiger partial charge is 0.338 e. The lowest BCUT2D eigenvalue weighted by Gasteiger charge is -2.07. The van der Waals surface area contributed by atoms with Crippen molar-refractivity contribution in [3.8, 4) is 0 Å². The van der Waals surface area contributed by atoms with E-state index in [0.29, 0.717) is 11.3 Å². The molecule has 2 N–H and O–H groups in total. The van der Waals surface area contributed by atoms with Crippen LogP contribution in [0.25, 0.3) is 0 Å². The minimum absolute atomic E-state index is 0.306. The zero-order chi connectivity index (χ0) is 11.3. The Kier molecular flexibility index (Phi) is 4.62. The number of rotatable bonds is 4. The number of nitrogens with two attached hydrogens (primary N) is 1. The van der Waals surface area contributed by atoms with Crippen molar-refractivity contribution in [3.05, 3.63) is 29.3 Å². The molecular weight excluding hydrogens is 258 g/mol. The second-order valence-corrected chi connectivity index (χ2v) is 3.99. The van der Waals surface area contributed by atoms with Crippen LogP contribution in [0.15, 0.2) is 18.2 Å². The van der Waals surface area contributed by atoms with Gasteiger partial charge in [-0.25, -0.2) is 4.79 Å². The summed E-state index contributed by atoms with van der Waals surface area (Å²) < 4.78 is 4.71. The Bertz CT molecular complexity index is 352. The van der Waals surface area contributed by atoms with E-state index in [1.165, 1.54) is 7.11 Å². The molecule has 1 aromatic carbocycles. The Morgan fingerprint density at radius 3 is 2.87 bits per heavy atom. The first-order chi connectivity index (χ1) is 7.19. The molecule has 1 aromatic rings. The minimum Gasteiger partial charge on any atom is -0.465 e. The Morgan fingerprint density at radius 2 is 2.27 bits per heavy atom. The molecule has 0 aliphatic heterocycles. The second-order valence-electron chi connectivity index (χ2n) is 3.20. The molecule has 0 spiro atoms. The van der Waals surface area contributed by atoms with Crippen LogP contribution < -0.4 is 5.73 Å². The summed E-state index contributed by atoms with van der Waals surface area (Å²) in [5, 5.41) is 0.905. The topological polar surface area (TPSA) is 52.3 Å². The third kappa shape index (κ3) is 3.23. The van der Waals surface area contributed by atoms with Crippen molar-refractivity contribution >= 4 is 27.6 Å². The number of carbonyl (C=O) groups excluding carboxylic acids is 1. The normalized spacial score (nSPS) is 10.0. The fraction of sp³-hybridized carbons (Fsp3) is 0.364. The molecule has 1 rings (SSSR count). The highest BCUT2D eigenvalue weighted by atomic mass is 79.9. The number of hydrogen-bond donors (Lipinski definition) is 1. The third-order valence-corrected chi connectivity index (χ3v) is 2.68. The molecule has 0 saturated carbocycles. The van der Waals surface area contributed by atoms with E-state index in [4.69, 9.17) is 10.5 Å². The van der Waals surface area contributed by atoms with Crippen LogP contribution in [0.4, 0.5) is 5.69 Å². The molecule has 0 aliphatic carbocycles. The molecule has 0 aliphatic rings. The number of hydrogen-bond acceptors (Lipinski definition) is 3. The maximum Gasteiger partial charge on any atom is 0.338 e. The van der Waals surface area contributed by atoms with Gasteiger partial charge in [0.15, 0.2) is 0 Å². The summed E-state index contributed by atoms with van der Waals surface area (Å²) in [6.07, 6.45) is 1.79. The average molecular weight is 272 g/mol. The van der Waals surface area contributed by atoms with Crippen molar-refractivity contribution in [2.24, 2.45) is 0 Å². The van der Waals surface area contributed by atoms with Gasteiger partial charge in [0.2, 0.25) is 0 Å². The van der Waals surface area contributed by atoms with Gasteiger partial charge in [-0.15, -0.1) is 0 Å². The molecule has 0 amide bonds. The largest absolute Gasteiger partial charge is 0.465 e. The first-order valence-electron chi connectivity index (χ1n) is 4.71. The van der Waals surface area contributed by atoms with Crippen LogP contribution in [-0.2, 0) is 11.2 Å². The van der Waals surface area contributed by atoms with E-state index >= 15 is 0 Å². The van der Waals surface area contributed by atoms with Crippen LogP contribution in [0.5, 0.6) is 0 Å². The van der Waals surface area contributed by atoms with Crippen LogP contribution in [0.3, 0.4) is 0 Å². The van der Waals surface area contributed by atoms with Crippen LogP contribution in [0.1, 0.15) is 22.3 Å². The molecule has 0 aromatic heterocycles. The standard InChI is InChI=1S/C11H14BrNO2/c1-15-11(14)10-5-4-9(13)7-8(10)3-2-6-12/h4-5,7H,2-3,6,13H2,1H3. The van der Waals surface area contributed by atoms with Crippen LogP contribution >= 0.6 is 15.9 Å². The van der Waals surface area contributed by atoms with Crippen molar-refractivity contribution in [1.29, 1.82) is 0 Å². The molecule has 0 heterocycles. The highest BCUT2D eigenvalue weighted by Gasteiger charge is 2.11. The minimum atomic E-state index is -0.306. The molecule has 0 saturated heterocycles. The molecule has 15 heavy (non-hydrogen) atoms. The van der Waals surface area contributed by atoms with E-state index in [9.17, 15) is 4.79 Å².